The standard InChI is InChI=1S/C10H10N2O4/c1-11-5-7-15-9(13)3-4-10(14)16-8-6-12-2/h3-4H,5-8H2/b4-3+. The second-order valence-electron chi connectivity index (χ2n) is 2.43. The molecule has 6 nitrogen and oxygen atoms in total. The maximum Gasteiger partial charge on any atom is 0.331 e. The molecule has 0 amide bonds. The SMILES string of the molecule is [C-]#[N+]CCOC(=O)/C=C/C(=O)OCC[N+]#[C-]. The van der Waals surface area contributed by atoms with Crippen LogP contribution in [0.1, 0.15) is 0 Å². The van der Waals surface area contributed by atoms with Crippen molar-refractivity contribution in [2.75, 3.05) is 26.3 Å². The van der Waals surface area contributed by atoms with E-state index in [4.69, 9.17) is 13.1 Å². The molecule has 0 rings (SSSR count). The summed E-state index contributed by atoms with van der Waals surface area (Å²) in [6.45, 7) is 13.0. The Bertz CT molecular complexity index is 315. The molecule has 0 fully saturated rings. The second-order valence-corrected chi connectivity index (χ2v) is 2.43. The van der Waals surface area contributed by atoms with Crippen LogP contribution in [0.15, 0.2) is 12.2 Å². The van der Waals surface area contributed by atoms with Crippen molar-refractivity contribution in [1.82, 2.24) is 0 Å². The Morgan fingerprint density at radius 1 is 0.938 bits per heavy atom. The average Bonchev–Trinajstić information content (AvgIpc) is 2.27. The number of nitrogens with zero attached hydrogens (tertiary/aromatic N) is 2. The van der Waals surface area contributed by atoms with Crippen molar-refractivity contribution in [1.29, 1.82) is 0 Å². The van der Waals surface area contributed by atoms with Gasteiger partial charge in [-0.15, -0.1) is 0 Å². The number of hydrogen-bond donors (Lipinski definition) is 0. The van der Waals surface area contributed by atoms with E-state index < -0.39 is 11.9 Å². The molecule has 0 aliphatic heterocycles. The van der Waals surface area contributed by atoms with Gasteiger partial charge in [-0.05, 0) is 0 Å². The fourth-order valence-electron chi connectivity index (χ4n) is 0.616. The summed E-state index contributed by atoms with van der Waals surface area (Å²) in [5.41, 5.74) is 0. The van der Waals surface area contributed by atoms with Gasteiger partial charge in [0.2, 0.25) is 13.1 Å². The number of rotatable bonds is 6. The van der Waals surface area contributed by atoms with Crippen molar-refractivity contribution < 1.29 is 19.1 Å². The highest BCUT2D eigenvalue weighted by Gasteiger charge is 2.01. The zero-order valence-electron chi connectivity index (χ0n) is 8.51. The van der Waals surface area contributed by atoms with Crippen LogP contribution in [-0.4, -0.2) is 38.2 Å². The quantitative estimate of drug-likeness (QED) is 0.283. The van der Waals surface area contributed by atoms with E-state index in [1.807, 2.05) is 0 Å². The van der Waals surface area contributed by atoms with Crippen LogP contribution in [0.2, 0.25) is 0 Å². The first-order valence-corrected chi connectivity index (χ1v) is 4.38. The minimum atomic E-state index is -0.703. The molecule has 0 spiro atoms. The summed E-state index contributed by atoms with van der Waals surface area (Å²) < 4.78 is 9.13. The molecule has 0 bridgehead atoms. The fraction of sp³-hybridized carbons (Fsp3) is 0.400. The van der Waals surface area contributed by atoms with Crippen LogP contribution >= 0.6 is 0 Å². The third kappa shape index (κ3) is 8.27. The van der Waals surface area contributed by atoms with Crippen molar-refractivity contribution in [2.45, 2.75) is 0 Å². The van der Waals surface area contributed by atoms with Gasteiger partial charge in [0.25, 0.3) is 0 Å². The smallest absolute Gasteiger partial charge is 0.331 e. The molecule has 16 heavy (non-hydrogen) atoms. The first-order valence-electron chi connectivity index (χ1n) is 4.38. The summed E-state index contributed by atoms with van der Waals surface area (Å²) in [5, 5.41) is 0. The largest absolute Gasteiger partial charge is 0.455 e. The van der Waals surface area contributed by atoms with Crippen LogP contribution in [0.5, 0.6) is 0 Å². The van der Waals surface area contributed by atoms with Gasteiger partial charge in [-0.25, -0.2) is 22.7 Å². The first kappa shape index (κ1) is 13.7. The van der Waals surface area contributed by atoms with Gasteiger partial charge in [-0.3, -0.25) is 0 Å². The summed E-state index contributed by atoms with van der Waals surface area (Å²) in [6, 6.07) is 0. The summed E-state index contributed by atoms with van der Waals surface area (Å²) >= 11 is 0. The minimum Gasteiger partial charge on any atom is -0.455 e. The summed E-state index contributed by atoms with van der Waals surface area (Å²) in [5.74, 6) is -1.41. The maximum absolute atomic E-state index is 10.9. The Hall–Kier alpha value is -2.34. The third-order valence-corrected chi connectivity index (χ3v) is 1.25. The maximum atomic E-state index is 10.9. The zero-order chi connectivity index (χ0) is 12.2. The Morgan fingerprint density at radius 2 is 1.31 bits per heavy atom. The lowest BCUT2D eigenvalue weighted by molar-refractivity contribution is -0.140. The molecule has 0 saturated heterocycles. The first-order chi connectivity index (χ1) is 7.70. The highest BCUT2D eigenvalue weighted by Crippen LogP contribution is 1.86. The Morgan fingerprint density at radius 3 is 1.62 bits per heavy atom. The van der Waals surface area contributed by atoms with Crippen LogP contribution in [0.25, 0.3) is 9.69 Å². The summed E-state index contributed by atoms with van der Waals surface area (Å²) in [4.78, 5) is 27.7. The third-order valence-electron chi connectivity index (χ3n) is 1.25. The molecular weight excluding hydrogens is 212 g/mol. The molecular formula is C10H10N2O4. The Balaban J connectivity index is 3.73. The molecule has 0 aliphatic carbocycles. The van der Waals surface area contributed by atoms with Crippen LogP contribution in [0.4, 0.5) is 0 Å². The summed E-state index contributed by atoms with van der Waals surface area (Å²) in [6.07, 6.45) is 1.84. The Labute approximate surface area is 93.1 Å². The van der Waals surface area contributed by atoms with Gasteiger partial charge >= 0.3 is 11.9 Å². The molecule has 0 unspecified atom stereocenters. The predicted octanol–water partition coefficient (Wildman–Crippen LogP) is 0.468. The van der Waals surface area contributed by atoms with E-state index in [1.54, 1.807) is 0 Å². The highest BCUT2D eigenvalue weighted by atomic mass is 16.5. The predicted molar refractivity (Wildman–Crippen MR) is 54.0 cm³/mol. The van der Waals surface area contributed by atoms with Gasteiger partial charge in [0, 0.05) is 12.2 Å². The number of hydrogen-bond acceptors (Lipinski definition) is 4. The molecule has 6 heteroatoms. The summed E-state index contributed by atoms with van der Waals surface area (Å²) in [7, 11) is 0. The van der Waals surface area contributed by atoms with Crippen molar-refractivity contribution in [3.05, 3.63) is 35.0 Å². The highest BCUT2D eigenvalue weighted by molar-refractivity contribution is 5.91. The monoisotopic (exact) mass is 222 g/mol. The molecule has 84 valence electrons. The van der Waals surface area contributed by atoms with E-state index in [0.717, 1.165) is 12.2 Å². The van der Waals surface area contributed by atoms with E-state index in [9.17, 15) is 9.59 Å². The number of ether oxygens (including phenoxy) is 2. The van der Waals surface area contributed by atoms with Gasteiger partial charge < -0.3 is 19.2 Å². The van der Waals surface area contributed by atoms with Crippen LogP contribution < -0.4 is 0 Å². The van der Waals surface area contributed by atoms with Crippen molar-refractivity contribution in [3.63, 3.8) is 0 Å². The normalized spacial score (nSPS) is 9.12. The van der Waals surface area contributed by atoms with Crippen LogP contribution in [0.3, 0.4) is 0 Å². The molecule has 0 N–H and O–H groups in total. The van der Waals surface area contributed by atoms with E-state index >= 15 is 0 Å². The van der Waals surface area contributed by atoms with Gasteiger partial charge in [0.05, 0.1) is 0 Å². The minimum absolute atomic E-state index is 0.000552. The van der Waals surface area contributed by atoms with Crippen molar-refractivity contribution in [2.24, 2.45) is 0 Å². The topological polar surface area (TPSA) is 61.3 Å². The van der Waals surface area contributed by atoms with E-state index in [1.165, 1.54) is 0 Å². The molecule has 0 heterocycles. The van der Waals surface area contributed by atoms with E-state index in [0.29, 0.717) is 0 Å². The van der Waals surface area contributed by atoms with Gasteiger partial charge in [-0.1, -0.05) is 0 Å². The lowest BCUT2D eigenvalue weighted by Gasteiger charge is -1.96. The number of esters is 2. The van der Waals surface area contributed by atoms with Crippen molar-refractivity contribution >= 4 is 11.9 Å². The van der Waals surface area contributed by atoms with Gasteiger partial charge in [0.1, 0.15) is 0 Å². The number of carbonyl (C=O) groups is 2. The molecule has 0 aromatic carbocycles. The van der Waals surface area contributed by atoms with Gasteiger partial charge in [-0.2, -0.15) is 0 Å². The van der Waals surface area contributed by atoms with Crippen LogP contribution in [-0.2, 0) is 19.1 Å². The number of carbonyl (C=O) groups excluding carboxylic acids is 2. The van der Waals surface area contributed by atoms with Crippen LogP contribution in [0, 0.1) is 13.1 Å². The molecule has 0 saturated carbocycles. The van der Waals surface area contributed by atoms with E-state index in [-0.39, 0.29) is 26.3 Å². The second kappa shape index (κ2) is 9.22. The molecule has 0 atom stereocenters. The average molecular weight is 222 g/mol. The Kier molecular flexibility index (Phi) is 7.88. The molecule has 0 aromatic heterocycles. The zero-order valence-corrected chi connectivity index (χ0v) is 8.51. The van der Waals surface area contributed by atoms with E-state index in [2.05, 4.69) is 19.2 Å². The lowest BCUT2D eigenvalue weighted by atomic mass is 10.5. The van der Waals surface area contributed by atoms with Gasteiger partial charge in [0.15, 0.2) is 13.2 Å². The fourth-order valence-corrected chi connectivity index (χ4v) is 0.616. The molecule has 0 aliphatic rings. The lowest BCUT2D eigenvalue weighted by Crippen LogP contribution is -2.07. The van der Waals surface area contributed by atoms with Crippen molar-refractivity contribution in [3.8, 4) is 0 Å². The molecule has 0 radical (unpaired) electrons. The molecule has 0 aromatic rings.